The van der Waals surface area contributed by atoms with Gasteiger partial charge in [-0.2, -0.15) is 0 Å². The van der Waals surface area contributed by atoms with Crippen molar-refractivity contribution in [1.29, 1.82) is 0 Å². The number of hydrogen-bond donors (Lipinski definition) is 2. The average Bonchev–Trinajstić information content (AvgIpc) is 2.37. The molecule has 4 nitrogen and oxygen atoms in total. The van der Waals surface area contributed by atoms with Gasteiger partial charge in [0.25, 0.3) is 0 Å². The fourth-order valence-electron chi connectivity index (χ4n) is 1.67. The third-order valence-electron chi connectivity index (χ3n) is 2.67. The number of halogens is 1. The Bertz CT molecular complexity index is 456. The molecule has 0 bridgehead atoms. The number of aliphatic hydroxyl groups is 1. The number of Topliss-reactive ketones (excluding diaryl/α,β-unsaturated/α-hetero) is 1. The predicted molar refractivity (Wildman–Crippen MR) is 68.1 cm³/mol. The summed E-state index contributed by atoms with van der Waals surface area (Å²) in [5.74, 6) is -1.47. The number of carboxylic acid groups (broad SMARTS) is 1. The molecule has 0 aliphatic rings. The van der Waals surface area contributed by atoms with E-state index in [1.54, 1.807) is 18.2 Å². The van der Waals surface area contributed by atoms with E-state index < -0.39 is 12.1 Å². The predicted octanol–water partition coefficient (Wildman–Crippen LogP) is 2.18. The van der Waals surface area contributed by atoms with Gasteiger partial charge in [-0.3, -0.25) is 4.79 Å². The van der Waals surface area contributed by atoms with Crippen LogP contribution in [0.4, 0.5) is 0 Å². The quantitative estimate of drug-likeness (QED) is 0.614. The number of alkyl halides is 1. The number of benzene rings is 1. The first kappa shape index (κ1) is 14.7. The summed E-state index contributed by atoms with van der Waals surface area (Å²) >= 11 is 5.50. The molecule has 5 heteroatoms. The van der Waals surface area contributed by atoms with Gasteiger partial charge in [-0.15, -0.1) is 11.6 Å². The third kappa shape index (κ3) is 3.31. The molecule has 18 heavy (non-hydrogen) atoms. The largest absolute Gasteiger partial charge is 0.479 e. The first-order valence-corrected chi connectivity index (χ1v) is 6.17. The van der Waals surface area contributed by atoms with Crippen LogP contribution in [0.15, 0.2) is 18.2 Å². The van der Waals surface area contributed by atoms with Gasteiger partial charge in [0.2, 0.25) is 0 Å². The number of carbonyl (C=O) groups is 2. The Balaban J connectivity index is 3.24. The van der Waals surface area contributed by atoms with Crippen molar-refractivity contribution in [2.75, 3.05) is 5.88 Å². The van der Waals surface area contributed by atoms with E-state index in [2.05, 4.69) is 0 Å². The van der Waals surface area contributed by atoms with Crippen LogP contribution >= 0.6 is 11.6 Å². The Morgan fingerprint density at radius 2 is 2.06 bits per heavy atom. The van der Waals surface area contributed by atoms with Crippen LogP contribution in [0, 0.1) is 0 Å². The van der Waals surface area contributed by atoms with Gasteiger partial charge in [0.1, 0.15) is 0 Å². The van der Waals surface area contributed by atoms with Crippen LogP contribution < -0.4 is 0 Å². The van der Waals surface area contributed by atoms with Gasteiger partial charge < -0.3 is 10.2 Å². The highest BCUT2D eigenvalue weighted by Gasteiger charge is 2.22. The van der Waals surface area contributed by atoms with Crippen molar-refractivity contribution in [3.63, 3.8) is 0 Å². The number of rotatable bonds is 6. The molecule has 0 spiro atoms. The van der Waals surface area contributed by atoms with E-state index in [0.717, 1.165) is 5.56 Å². The lowest BCUT2D eigenvalue weighted by atomic mass is 9.95. The van der Waals surface area contributed by atoms with E-state index >= 15 is 0 Å². The smallest absolute Gasteiger partial charge is 0.337 e. The number of aryl methyl sites for hydroxylation is 1. The van der Waals surface area contributed by atoms with Gasteiger partial charge >= 0.3 is 5.97 Å². The second-order valence-electron chi connectivity index (χ2n) is 3.88. The molecule has 0 heterocycles. The van der Waals surface area contributed by atoms with Crippen molar-refractivity contribution in [2.24, 2.45) is 0 Å². The summed E-state index contributed by atoms with van der Waals surface area (Å²) < 4.78 is 0. The van der Waals surface area contributed by atoms with Crippen LogP contribution in [-0.4, -0.2) is 27.8 Å². The van der Waals surface area contributed by atoms with Gasteiger partial charge in [-0.25, -0.2) is 4.79 Å². The van der Waals surface area contributed by atoms with E-state index in [1.807, 2.05) is 6.92 Å². The fraction of sp³-hybridized carbons (Fsp3) is 0.385. The third-order valence-corrected chi connectivity index (χ3v) is 2.86. The van der Waals surface area contributed by atoms with Crippen LogP contribution in [0.5, 0.6) is 0 Å². The molecular weight excluding hydrogens is 256 g/mol. The monoisotopic (exact) mass is 270 g/mol. The Hall–Kier alpha value is -1.39. The molecule has 0 aliphatic heterocycles. The van der Waals surface area contributed by atoms with Crippen molar-refractivity contribution < 1.29 is 19.8 Å². The molecule has 0 radical (unpaired) electrons. The van der Waals surface area contributed by atoms with Crippen molar-refractivity contribution in [2.45, 2.75) is 25.9 Å². The molecule has 1 atom stereocenters. The molecule has 98 valence electrons. The highest BCUT2D eigenvalue weighted by Crippen LogP contribution is 2.22. The van der Waals surface area contributed by atoms with E-state index in [9.17, 15) is 14.7 Å². The van der Waals surface area contributed by atoms with Crippen molar-refractivity contribution in [3.05, 3.63) is 34.9 Å². The molecule has 0 aromatic heterocycles. The van der Waals surface area contributed by atoms with E-state index in [4.69, 9.17) is 16.7 Å². The second-order valence-corrected chi connectivity index (χ2v) is 4.26. The number of aliphatic hydroxyl groups excluding tert-OH is 1. The fourth-order valence-corrected chi connectivity index (χ4v) is 1.84. The highest BCUT2D eigenvalue weighted by atomic mass is 35.5. The molecule has 1 unspecified atom stereocenters. The summed E-state index contributed by atoms with van der Waals surface area (Å²) in [4.78, 5) is 22.6. The van der Waals surface area contributed by atoms with Crippen LogP contribution in [0.2, 0.25) is 0 Å². The molecular formula is C13H15ClO4. The maximum absolute atomic E-state index is 11.8. The molecule has 0 fully saturated rings. The highest BCUT2D eigenvalue weighted by molar-refractivity contribution is 6.19. The minimum Gasteiger partial charge on any atom is -0.479 e. The van der Waals surface area contributed by atoms with Gasteiger partial charge in [0.15, 0.2) is 11.9 Å². The zero-order valence-corrected chi connectivity index (χ0v) is 10.8. The lowest BCUT2D eigenvalue weighted by molar-refractivity contribution is -0.146. The number of carboxylic acids is 1. The van der Waals surface area contributed by atoms with Crippen molar-refractivity contribution >= 4 is 23.4 Å². The molecule has 0 saturated heterocycles. The number of carbonyl (C=O) groups excluding carboxylic acids is 1. The molecule has 0 aliphatic carbocycles. The molecule has 1 rings (SSSR count). The van der Waals surface area contributed by atoms with Gasteiger partial charge in [0.05, 0.1) is 0 Å². The van der Waals surface area contributed by atoms with Crippen molar-refractivity contribution in [1.82, 2.24) is 0 Å². The minimum atomic E-state index is -1.69. The standard InChI is InChI=1S/C13H15ClO4/c1-2-8-3-4-9(11(15)5-6-14)10(7-8)12(16)13(17)18/h3-4,7,12,16H,2,5-6H2,1H3,(H,17,18). The first-order valence-electron chi connectivity index (χ1n) is 5.64. The van der Waals surface area contributed by atoms with Gasteiger partial charge in [0, 0.05) is 23.4 Å². The minimum absolute atomic E-state index is 0.117. The van der Waals surface area contributed by atoms with Crippen LogP contribution in [-0.2, 0) is 11.2 Å². The lowest BCUT2D eigenvalue weighted by Gasteiger charge is -2.13. The zero-order chi connectivity index (χ0) is 13.7. The Morgan fingerprint density at radius 3 is 2.56 bits per heavy atom. The molecule has 1 aromatic rings. The number of ketones is 1. The van der Waals surface area contributed by atoms with E-state index in [1.165, 1.54) is 0 Å². The first-order chi connectivity index (χ1) is 8.51. The average molecular weight is 271 g/mol. The Labute approximate surface area is 110 Å². The lowest BCUT2D eigenvalue weighted by Crippen LogP contribution is -2.15. The summed E-state index contributed by atoms with van der Waals surface area (Å²) in [6.07, 6.45) is -0.874. The molecule has 0 amide bonds. The zero-order valence-electron chi connectivity index (χ0n) is 10.0. The maximum atomic E-state index is 11.8. The van der Waals surface area contributed by atoms with Crippen LogP contribution in [0.3, 0.4) is 0 Å². The van der Waals surface area contributed by atoms with E-state index in [0.29, 0.717) is 6.42 Å². The summed E-state index contributed by atoms with van der Waals surface area (Å²) in [6, 6.07) is 4.86. The Kier molecular flexibility index (Phi) is 5.31. The van der Waals surface area contributed by atoms with Crippen molar-refractivity contribution in [3.8, 4) is 0 Å². The normalized spacial score (nSPS) is 12.2. The number of aliphatic carboxylic acids is 1. The summed E-state index contributed by atoms with van der Waals surface area (Å²) in [5.41, 5.74) is 1.23. The maximum Gasteiger partial charge on any atom is 0.337 e. The molecule has 2 N–H and O–H groups in total. The molecule has 1 aromatic carbocycles. The topological polar surface area (TPSA) is 74.6 Å². The van der Waals surface area contributed by atoms with E-state index in [-0.39, 0.29) is 29.2 Å². The molecule has 0 saturated carbocycles. The number of hydrogen-bond acceptors (Lipinski definition) is 3. The van der Waals surface area contributed by atoms with Gasteiger partial charge in [-0.05, 0) is 12.0 Å². The Morgan fingerprint density at radius 1 is 1.39 bits per heavy atom. The van der Waals surface area contributed by atoms with Crippen LogP contribution in [0.1, 0.15) is 40.9 Å². The summed E-state index contributed by atoms with van der Waals surface area (Å²) in [6.45, 7) is 1.91. The summed E-state index contributed by atoms with van der Waals surface area (Å²) in [5, 5.41) is 18.5. The second kappa shape index (κ2) is 6.52. The van der Waals surface area contributed by atoms with Crippen LogP contribution in [0.25, 0.3) is 0 Å². The van der Waals surface area contributed by atoms with Gasteiger partial charge in [-0.1, -0.05) is 25.1 Å². The SMILES string of the molecule is CCc1ccc(C(=O)CCCl)c(C(O)C(=O)O)c1. The summed E-state index contributed by atoms with van der Waals surface area (Å²) in [7, 11) is 0.